The van der Waals surface area contributed by atoms with Crippen molar-refractivity contribution in [2.24, 2.45) is 0 Å². The molecule has 40 heavy (non-hydrogen) atoms. The van der Waals surface area contributed by atoms with Crippen LogP contribution >= 0.6 is 0 Å². The fraction of sp³-hybridized carbons (Fsp3) is 0.560. The van der Waals surface area contributed by atoms with Crippen LogP contribution in [0.15, 0.2) is 30.3 Å². The van der Waals surface area contributed by atoms with Crippen LogP contribution in [0.2, 0.25) is 0 Å². The van der Waals surface area contributed by atoms with Crippen molar-refractivity contribution in [3.63, 3.8) is 0 Å². The molecular formula is C25H32F3N5O6S. The Morgan fingerprint density at radius 1 is 1.05 bits per heavy atom. The van der Waals surface area contributed by atoms with Crippen LogP contribution in [0.25, 0.3) is 0 Å². The Balaban J connectivity index is 1.54. The predicted octanol–water partition coefficient (Wildman–Crippen LogP) is 2.86. The Hall–Kier alpha value is -3.33. The van der Waals surface area contributed by atoms with Gasteiger partial charge in [-0.2, -0.15) is 14.3 Å². The van der Waals surface area contributed by atoms with Crippen molar-refractivity contribution in [3.05, 3.63) is 35.9 Å². The van der Waals surface area contributed by atoms with Gasteiger partial charge >= 0.3 is 12.4 Å². The predicted molar refractivity (Wildman–Crippen MR) is 139 cm³/mol. The zero-order valence-electron chi connectivity index (χ0n) is 22.2. The van der Waals surface area contributed by atoms with Crippen LogP contribution in [0.5, 0.6) is 17.6 Å². The number of methoxy groups -OCH3 is 2. The quantitative estimate of drug-likeness (QED) is 0.472. The summed E-state index contributed by atoms with van der Waals surface area (Å²) in [5.41, 5.74) is 0.516. The fourth-order valence-corrected chi connectivity index (χ4v) is 7.08. The number of halogens is 3. The number of rotatable bonds is 9. The molecule has 2 fully saturated rings. The number of ether oxygens (including phenoxy) is 3. The molecule has 1 aromatic heterocycles. The molecule has 0 spiro atoms. The molecule has 220 valence electrons. The summed E-state index contributed by atoms with van der Waals surface area (Å²) in [6.45, 7) is 0.336. The van der Waals surface area contributed by atoms with Gasteiger partial charge in [-0.3, -0.25) is 4.79 Å². The monoisotopic (exact) mass is 587 g/mol. The number of aromatic nitrogens is 2. The number of nitrogens with one attached hydrogen (secondary N) is 1. The summed E-state index contributed by atoms with van der Waals surface area (Å²) in [4.78, 5) is 23.7. The van der Waals surface area contributed by atoms with Gasteiger partial charge in [0.2, 0.25) is 21.8 Å². The number of piperazine rings is 1. The molecule has 1 aromatic carbocycles. The number of nitrogens with zero attached hydrogens (tertiary/aromatic N) is 4. The minimum Gasteiger partial charge on any atom is -0.481 e. The number of alkyl halides is 3. The number of amides is 1. The molecule has 1 aliphatic heterocycles. The van der Waals surface area contributed by atoms with Gasteiger partial charge in [0, 0.05) is 32.2 Å². The van der Waals surface area contributed by atoms with Crippen molar-refractivity contribution in [2.45, 2.75) is 56.3 Å². The zero-order chi connectivity index (χ0) is 28.9. The number of hydrogen-bond donors (Lipinski definition) is 1. The van der Waals surface area contributed by atoms with Gasteiger partial charge in [0.05, 0.1) is 19.5 Å². The minimum absolute atomic E-state index is 0.0134. The first kappa shape index (κ1) is 29.6. The van der Waals surface area contributed by atoms with Crippen molar-refractivity contribution in [1.82, 2.24) is 19.6 Å². The van der Waals surface area contributed by atoms with Gasteiger partial charge in [-0.1, -0.05) is 31.4 Å². The van der Waals surface area contributed by atoms with E-state index in [-0.39, 0.29) is 43.8 Å². The highest BCUT2D eigenvalue weighted by Gasteiger charge is 2.43. The van der Waals surface area contributed by atoms with Crippen LogP contribution in [0.1, 0.15) is 37.7 Å². The van der Waals surface area contributed by atoms with E-state index >= 15 is 0 Å². The van der Waals surface area contributed by atoms with Crippen molar-refractivity contribution in [2.75, 3.05) is 38.8 Å². The van der Waals surface area contributed by atoms with E-state index in [9.17, 15) is 26.4 Å². The summed E-state index contributed by atoms with van der Waals surface area (Å²) in [5.74, 6) is -0.256. The highest BCUT2D eigenvalue weighted by Crippen LogP contribution is 2.30. The van der Waals surface area contributed by atoms with Crippen LogP contribution in [0.3, 0.4) is 0 Å². The number of carbonyl (C=O) groups is 1. The zero-order valence-corrected chi connectivity index (χ0v) is 23.0. The summed E-state index contributed by atoms with van der Waals surface area (Å²) in [6, 6.07) is 5.65. The van der Waals surface area contributed by atoms with Crippen molar-refractivity contribution in [3.8, 4) is 17.6 Å². The van der Waals surface area contributed by atoms with Crippen LogP contribution in [0.4, 0.5) is 19.0 Å². The highest BCUT2D eigenvalue weighted by atomic mass is 32.2. The Kier molecular flexibility index (Phi) is 9.23. The van der Waals surface area contributed by atoms with Crippen molar-refractivity contribution in [1.29, 1.82) is 0 Å². The third-order valence-corrected chi connectivity index (χ3v) is 9.35. The largest absolute Gasteiger partial charge is 0.573 e. The minimum atomic E-state index is -4.81. The Labute approximate surface area is 230 Å². The third-order valence-electron chi connectivity index (χ3n) is 6.94. The van der Waals surface area contributed by atoms with Gasteiger partial charge in [0.15, 0.2) is 0 Å². The standard InChI is InChI=1S/C25H32F3N5O6S/c1-37-22-14-21(30-24(31-22)38-2)32-12-13-33(40(35,36)19-6-4-3-5-7-19)20(16-32)23(34)29-15-17-8-10-18(11-9-17)39-25(26,27)28/h8-11,14,19-20H,3-7,12-13,15-16H2,1-2H3,(H,29,34). The molecule has 0 bridgehead atoms. The molecule has 15 heteroatoms. The van der Waals surface area contributed by atoms with E-state index in [1.165, 1.54) is 30.7 Å². The first-order valence-corrected chi connectivity index (χ1v) is 14.4. The second-order valence-corrected chi connectivity index (χ2v) is 11.7. The molecule has 1 unspecified atom stereocenters. The number of benzene rings is 1. The SMILES string of the molecule is COc1cc(N2CCN(S(=O)(=O)C3CCCCC3)C(C(=O)NCc3ccc(OC(F)(F)F)cc3)C2)nc(OC)n1. The lowest BCUT2D eigenvalue weighted by molar-refractivity contribution is -0.274. The molecule has 1 atom stereocenters. The molecule has 0 radical (unpaired) electrons. The molecule has 2 aromatic rings. The van der Waals surface area contributed by atoms with E-state index in [2.05, 4.69) is 20.0 Å². The highest BCUT2D eigenvalue weighted by molar-refractivity contribution is 7.89. The van der Waals surface area contributed by atoms with Crippen LogP contribution in [-0.2, 0) is 21.4 Å². The topological polar surface area (TPSA) is 123 Å². The van der Waals surface area contributed by atoms with Gasteiger partial charge in [-0.25, -0.2) is 8.42 Å². The molecule has 2 heterocycles. The normalized spacial score (nSPS) is 19.2. The first-order chi connectivity index (χ1) is 19.0. The number of carbonyl (C=O) groups excluding carboxylic acids is 1. The number of sulfonamides is 1. The van der Waals surface area contributed by atoms with Gasteiger partial charge in [0.25, 0.3) is 0 Å². The Bertz CT molecular complexity index is 1250. The van der Waals surface area contributed by atoms with Crippen molar-refractivity contribution < 1.29 is 40.6 Å². The molecule has 1 amide bonds. The van der Waals surface area contributed by atoms with E-state index in [0.717, 1.165) is 31.4 Å². The molecule has 1 saturated carbocycles. The Morgan fingerprint density at radius 3 is 2.38 bits per heavy atom. The van der Waals surface area contributed by atoms with Gasteiger partial charge in [-0.15, -0.1) is 13.2 Å². The van der Waals surface area contributed by atoms with E-state index in [1.54, 1.807) is 11.0 Å². The van der Waals surface area contributed by atoms with Crippen molar-refractivity contribution >= 4 is 21.7 Å². The Morgan fingerprint density at radius 2 is 1.75 bits per heavy atom. The first-order valence-electron chi connectivity index (χ1n) is 12.8. The summed E-state index contributed by atoms with van der Waals surface area (Å²) < 4.78 is 80.3. The molecular weight excluding hydrogens is 555 g/mol. The van der Waals surface area contributed by atoms with E-state index in [1.807, 2.05) is 0 Å². The maximum Gasteiger partial charge on any atom is 0.573 e. The molecule has 1 aliphatic carbocycles. The molecule has 2 aliphatic rings. The lowest BCUT2D eigenvalue weighted by atomic mass is 10.0. The lowest BCUT2D eigenvalue weighted by Gasteiger charge is -2.42. The van der Waals surface area contributed by atoms with E-state index < -0.39 is 33.6 Å². The third kappa shape index (κ3) is 7.24. The fourth-order valence-electron chi connectivity index (χ4n) is 4.91. The summed E-state index contributed by atoms with van der Waals surface area (Å²) >= 11 is 0. The number of hydrogen-bond acceptors (Lipinski definition) is 9. The maximum absolute atomic E-state index is 13.7. The van der Waals surface area contributed by atoms with Gasteiger partial charge in [0.1, 0.15) is 17.6 Å². The average Bonchev–Trinajstić information content (AvgIpc) is 2.95. The average molecular weight is 588 g/mol. The van der Waals surface area contributed by atoms with Crippen LogP contribution in [-0.4, -0.2) is 80.1 Å². The van der Waals surface area contributed by atoms with E-state index in [0.29, 0.717) is 24.2 Å². The molecule has 4 rings (SSSR count). The van der Waals surface area contributed by atoms with Crippen LogP contribution < -0.4 is 24.4 Å². The van der Waals surface area contributed by atoms with Gasteiger partial charge in [-0.05, 0) is 30.5 Å². The maximum atomic E-state index is 13.7. The molecule has 1 N–H and O–H groups in total. The summed E-state index contributed by atoms with van der Waals surface area (Å²) in [5, 5.41) is 2.19. The summed E-state index contributed by atoms with van der Waals surface area (Å²) in [6.07, 6.45) is -1.11. The van der Waals surface area contributed by atoms with Gasteiger partial charge < -0.3 is 24.4 Å². The van der Waals surface area contributed by atoms with E-state index in [4.69, 9.17) is 9.47 Å². The smallest absolute Gasteiger partial charge is 0.481 e. The summed E-state index contributed by atoms with van der Waals surface area (Å²) in [7, 11) is -0.925. The second-order valence-electron chi connectivity index (χ2n) is 9.54. The van der Waals surface area contributed by atoms with Crippen LogP contribution in [0, 0.1) is 0 Å². The molecule has 11 nitrogen and oxygen atoms in total. The number of anilines is 1. The second kappa shape index (κ2) is 12.5. The molecule has 1 saturated heterocycles. The lowest BCUT2D eigenvalue weighted by Crippen LogP contribution is -2.62.